The number of hydrogen-bond acceptors (Lipinski definition) is 5. The Kier molecular flexibility index (Phi) is 2.79. The van der Waals surface area contributed by atoms with Gasteiger partial charge in [0.1, 0.15) is 12.1 Å². The quantitative estimate of drug-likeness (QED) is 0.781. The molecule has 0 unspecified atom stereocenters. The van der Waals surface area contributed by atoms with Gasteiger partial charge in [-0.05, 0) is 30.3 Å². The zero-order valence-corrected chi connectivity index (χ0v) is 11.6. The number of aromatic nitrogens is 2. The summed E-state index contributed by atoms with van der Waals surface area (Å²) in [5, 5.41) is 4.77. The maximum absolute atomic E-state index is 6.05. The van der Waals surface area contributed by atoms with Crippen LogP contribution in [0.4, 0.5) is 11.5 Å². The van der Waals surface area contributed by atoms with Crippen LogP contribution in [0.25, 0.3) is 10.9 Å². The molecule has 21 heavy (non-hydrogen) atoms. The topological polar surface area (TPSA) is 56.3 Å². The van der Waals surface area contributed by atoms with E-state index >= 15 is 0 Å². The highest BCUT2D eigenvalue weighted by Gasteiger charge is 2.14. The largest absolute Gasteiger partial charge is 0.454 e. The van der Waals surface area contributed by atoms with Crippen LogP contribution in [0, 0.1) is 0 Å². The molecule has 0 amide bonds. The van der Waals surface area contributed by atoms with E-state index < -0.39 is 0 Å². The van der Waals surface area contributed by atoms with E-state index in [4.69, 9.17) is 21.1 Å². The molecule has 1 aromatic heterocycles. The smallest absolute Gasteiger partial charge is 0.231 e. The molecule has 2 aromatic carbocycles. The molecule has 1 aliphatic heterocycles. The SMILES string of the molecule is Clc1ccc2ncnc(Nc3ccc4c(c3)OCO4)c2c1. The van der Waals surface area contributed by atoms with Crippen molar-refractivity contribution in [2.45, 2.75) is 0 Å². The normalized spacial score (nSPS) is 12.6. The second-order valence-electron chi connectivity index (χ2n) is 4.58. The van der Waals surface area contributed by atoms with Crippen LogP contribution in [0.3, 0.4) is 0 Å². The van der Waals surface area contributed by atoms with Gasteiger partial charge < -0.3 is 14.8 Å². The summed E-state index contributed by atoms with van der Waals surface area (Å²) in [6.45, 7) is 0.255. The molecule has 3 aromatic rings. The summed E-state index contributed by atoms with van der Waals surface area (Å²) in [4.78, 5) is 8.51. The number of fused-ring (bicyclic) bond motifs is 2. The van der Waals surface area contributed by atoms with Gasteiger partial charge in [0, 0.05) is 22.2 Å². The lowest BCUT2D eigenvalue weighted by molar-refractivity contribution is 0.174. The van der Waals surface area contributed by atoms with E-state index in [0.717, 1.165) is 28.1 Å². The number of benzene rings is 2. The van der Waals surface area contributed by atoms with Gasteiger partial charge in [0.25, 0.3) is 0 Å². The van der Waals surface area contributed by atoms with Crippen molar-refractivity contribution in [3.05, 3.63) is 47.7 Å². The average Bonchev–Trinajstić information content (AvgIpc) is 2.95. The van der Waals surface area contributed by atoms with Crippen molar-refractivity contribution in [2.75, 3.05) is 12.1 Å². The number of ether oxygens (including phenoxy) is 2. The first-order valence-electron chi connectivity index (χ1n) is 6.36. The lowest BCUT2D eigenvalue weighted by Crippen LogP contribution is -1.96. The van der Waals surface area contributed by atoms with E-state index in [0.29, 0.717) is 10.8 Å². The summed E-state index contributed by atoms with van der Waals surface area (Å²) in [7, 11) is 0. The van der Waals surface area contributed by atoms with Gasteiger partial charge in [-0.1, -0.05) is 11.6 Å². The number of halogens is 1. The van der Waals surface area contributed by atoms with E-state index in [1.807, 2.05) is 30.3 Å². The van der Waals surface area contributed by atoms with Crippen LogP contribution in [0.1, 0.15) is 0 Å². The maximum atomic E-state index is 6.05. The molecule has 1 aliphatic rings. The highest BCUT2D eigenvalue weighted by Crippen LogP contribution is 2.35. The zero-order valence-electron chi connectivity index (χ0n) is 10.8. The first kappa shape index (κ1) is 12.2. The van der Waals surface area contributed by atoms with E-state index in [2.05, 4.69) is 15.3 Å². The molecule has 0 saturated carbocycles. The van der Waals surface area contributed by atoms with Crippen LogP contribution in [-0.4, -0.2) is 16.8 Å². The standard InChI is InChI=1S/C15H10ClN3O2/c16-9-1-3-12-11(5-9)15(18-7-17-12)19-10-2-4-13-14(6-10)21-8-20-13/h1-7H,8H2,(H,17,18,19). The minimum Gasteiger partial charge on any atom is -0.454 e. The minimum absolute atomic E-state index is 0.255. The van der Waals surface area contributed by atoms with Crippen LogP contribution >= 0.6 is 11.6 Å². The van der Waals surface area contributed by atoms with Gasteiger partial charge >= 0.3 is 0 Å². The molecule has 0 aliphatic carbocycles. The van der Waals surface area contributed by atoms with Crippen molar-refractivity contribution in [1.82, 2.24) is 9.97 Å². The summed E-state index contributed by atoms with van der Waals surface area (Å²) in [6.07, 6.45) is 1.52. The average molecular weight is 300 g/mol. The molecule has 5 nitrogen and oxygen atoms in total. The summed E-state index contributed by atoms with van der Waals surface area (Å²) in [6, 6.07) is 11.2. The maximum Gasteiger partial charge on any atom is 0.231 e. The molecule has 2 heterocycles. The van der Waals surface area contributed by atoms with Crippen LogP contribution in [0.2, 0.25) is 5.02 Å². The fraction of sp³-hybridized carbons (Fsp3) is 0.0667. The van der Waals surface area contributed by atoms with Crippen LogP contribution in [0.5, 0.6) is 11.5 Å². The van der Waals surface area contributed by atoms with Crippen molar-refractivity contribution in [1.29, 1.82) is 0 Å². The Morgan fingerprint density at radius 3 is 2.86 bits per heavy atom. The first-order chi connectivity index (χ1) is 10.3. The fourth-order valence-corrected chi connectivity index (χ4v) is 2.41. The summed E-state index contributed by atoms with van der Waals surface area (Å²) in [5.41, 5.74) is 1.69. The predicted molar refractivity (Wildman–Crippen MR) is 80.4 cm³/mol. The third kappa shape index (κ3) is 2.21. The van der Waals surface area contributed by atoms with Gasteiger partial charge in [-0.2, -0.15) is 0 Å². The highest BCUT2D eigenvalue weighted by molar-refractivity contribution is 6.31. The molecule has 0 radical (unpaired) electrons. The van der Waals surface area contributed by atoms with Crippen LogP contribution in [0.15, 0.2) is 42.7 Å². The number of nitrogens with one attached hydrogen (secondary N) is 1. The molecule has 104 valence electrons. The highest BCUT2D eigenvalue weighted by atomic mass is 35.5. The second kappa shape index (κ2) is 4.79. The molecular formula is C15H10ClN3O2. The number of anilines is 2. The van der Waals surface area contributed by atoms with Crippen LogP contribution in [-0.2, 0) is 0 Å². The van der Waals surface area contributed by atoms with E-state index in [9.17, 15) is 0 Å². The molecule has 4 rings (SSSR count). The van der Waals surface area contributed by atoms with Gasteiger partial charge in [-0.25, -0.2) is 9.97 Å². The number of rotatable bonds is 2. The van der Waals surface area contributed by atoms with Crippen molar-refractivity contribution in [3.63, 3.8) is 0 Å². The molecular weight excluding hydrogens is 290 g/mol. The molecule has 0 fully saturated rings. The molecule has 0 atom stereocenters. The Hall–Kier alpha value is -2.53. The van der Waals surface area contributed by atoms with Crippen molar-refractivity contribution in [2.24, 2.45) is 0 Å². The summed E-state index contributed by atoms with van der Waals surface area (Å²) >= 11 is 6.05. The Morgan fingerprint density at radius 1 is 1.00 bits per heavy atom. The van der Waals surface area contributed by atoms with Crippen molar-refractivity contribution < 1.29 is 9.47 Å². The predicted octanol–water partition coefficient (Wildman–Crippen LogP) is 3.76. The van der Waals surface area contributed by atoms with Gasteiger partial charge in [-0.15, -0.1) is 0 Å². The summed E-state index contributed by atoms with van der Waals surface area (Å²) in [5.74, 6) is 2.16. The Labute approximate surface area is 125 Å². The summed E-state index contributed by atoms with van der Waals surface area (Å²) < 4.78 is 10.7. The molecule has 0 spiro atoms. The third-order valence-electron chi connectivity index (χ3n) is 3.23. The molecule has 0 saturated heterocycles. The second-order valence-corrected chi connectivity index (χ2v) is 5.01. The lowest BCUT2D eigenvalue weighted by Gasteiger charge is -2.09. The van der Waals surface area contributed by atoms with Crippen molar-refractivity contribution in [3.8, 4) is 11.5 Å². The van der Waals surface area contributed by atoms with Gasteiger partial charge in [0.15, 0.2) is 11.5 Å². The Bertz CT molecular complexity index is 838. The minimum atomic E-state index is 0.255. The Balaban J connectivity index is 1.75. The zero-order chi connectivity index (χ0) is 14.2. The van der Waals surface area contributed by atoms with Gasteiger partial charge in [0.05, 0.1) is 5.52 Å². The number of nitrogens with zero attached hydrogens (tertiary/aromatic N) is 2. The van der Waals surface area contributed by atoms with Crippen LogP contribution < -0.4 is 14.8 Å². The molecule has 6 heteroatoms. The van der Waals surface area contributed by atoms with Gasteiger partial charge in [0.2, 0.25) is 6.79 Å². The van der Waals surface area contributed by atoms with E-state index in [-0.39, 0.29) is 6.79 Å². The third-order valence-corrected chi connectivity index (χ3v) is 3.47. The Morgan fingerprint density at radius 2 is 1.90 bits per heavy atom. The number of hydrogen-bond donors (Lipinski definition) is 1. The monoisotopic (exact) mass is 299 g/mol. The van der Waals surface area contributed by atoms with Crippen molar-refractivity contribution >= 4 is 34.0 Å². The first-order valence-corrected chi connectivity index (χ1v) is 6.74. The van der Waals surface area contributed by atoms with E-state index in [1.54, 1.807) is 6.07 Å². The lowest BCUT2D eigenvalue weighted by atomic mass is 10.2. The molecule has 0 bridgehead atoms. The van der Waals surface area contributed by atoms with E-state index in [1.165, 1.54) is 6.33 Å². The molecule has 1 N–H and O–H groups in total. The van der Waals surface area contributed by atoms with Gasteiger partial charge in [-0.3, -0.25) is 0 Å². The fourth-order valence-electron chi connectivity index (χ4n) is 2.24.